The van der Waals surface area contributed by atoms with Gasteiger partial charge in [0.15, 0.2) is 11.5 Å². The highest BCUT2D eigenvalue weighted by Gasteiger charge is 2.14. The van der Waals surface area contributed by atoms with Gasteiger partial charge in [-0.3, -0.25) is 0 Å². The smallest absolute Gasteiger partial charge is 0.488 e. The van der Waals surface area contributed by atoms with E-state index in [0.29, 0.717) is 17.1 Å². The van der Waals surface area contributed by atoms with E-state index < -0.39 is 12.9 Å². The third-order valence-corrected chi connectivity index (χ3v) is 2.83. The van der Waals surface area contributed by atoms with Gasteiger partial charge in [-0.1, -0.05) is 24.3 Å². The number of rotatable bonds is 5. The van der Waals surface area contributed by atoms with Gasteiger partial charge in [0.25, 0.3) is 0 Å². The summed E-state index contributed by atoms with van der Waals surface area (Å²) >= 11 is 0. The van der Waals surface area contributed by atoms with Crippen molar-refractivity contribution in [2.24, 2.45) is 0 Å². The molecule has 0 radical (unpaired) electrons. The van der Waals surface area contributed by atoms with Crippen molar-refractivity contribution < 1.29 is 23.9 Å². The summed E-state index contributed by atoms with van der Waals surface area (Å²) in [6, 6.07) is 11.0. The van der Waals surface area contributed by atoms with Gasteiger partial charge in [0.2, 0.25) is 0 Å². The van der Waals surface area contributed by atoms with E-state index in [1.807, 2.05) is 6.07 Å². The van der Waals surface area contributed by atoms with Gasteiger partial charge in [-0.05, 0) is 23.7 Å². The minimum Gasteiger partial charge on any atom is -0.493 e. The Balaban J connectivity index is 2.11. The number of halogens is 1. The molecule has 0 atom stereocenters. The van der Waals surface area contributed by atoms with Crippen LogP contribution in [0.3, 0.4) is 0 Å². The zero-order valence-electron chi connectivity index (χ0n) is 10.9. The zero-order valence-corrected chi connectivity index (χ0v) is 10.9. The van der Waals surface area contributed by atoms with Crippen LogP contribution in [0, 0.1) is 5.82 Å². The highest BCUT2D eigenvalue weighted by Crippen LogP contribution is 2.26. The molecule has 0 aliphatic rings. The molecule has 0 amide bonds. The molecule has 2 N–H and O–H groups in total. The predicted molar refractivity (Wildman–Crippen MR) is 73.6 cm³/mol. The number of methoxy groups -OCH3 is 1. The molecular weight excluding hydrogens is 262 g/mol. The Kier molecular flexibility index (Phi) is 4.60. The Morgan fingerprint density at radius 2 is 1.80 bits per heavy atom. The van der Waals surface area contributed by atoms with Gasteiger partial charge in [0.1, 0.15) is 12.4 Å². The highest BCUT2D eigenvalue weighted by atomic mass is 19.1. The van der Waals surface area contributed by atoms with Gasteiger partial charge in [-0.2, -0.15) is 0 Å². The van der Waals surface area contributed by atoms with Crippen molar-refractivity contribution in [3.8, 4) is 11.5 Å². The molecule has 0 heterocycles. The molecule has 20 heavy (non-hydrogen) atoms. The van der Waals surface area contributed by atoms with E-state index >= 15 is 0 Å². The average Bonchev–Trinajstić information content (AvgIpc) is 2.46. The van der Waals surface area contributed by atoms with Crippen LogP contribution in [0.25, 0.3) is 0 Å². The summed E-state index contributed by atoms with van der Waals surface area (Å²) < 4.78 is 24.4. The maximum Gasteiger partial charge on any atom is 0.488 e. The topological polar surface area (TPSA) is 58.9 Å². The lowest BCUT2D eigenvalue weighted by molar-refractivity contribution is 0.280. The molecule has 0 saturated heterocycles. The summed E-state index contributed by atoms with van der Waals surface area (Å²) in [5.74, 6) is 0.529. The molecule has 0 saturated carbocycles. The van der Waals surface area contributed by atoms with E-state index in [2.05, 4.69) is 0 Å². The van der Waals surface area contributed by atoms with Crippen LogP contribution >= 0.6 is 0 Å². The summed E-state index contributed by atoms with van der Waals surface area (Å²) in [5, 5.41) is 17.9. The minimum absolute atomic E-state index is 0.0218. The summed E-state index contributed by atoms with van der Waals surface area (Å²) in [4.78, 5) is 0. The fraction of sp³-hybridized carbons (Fsp3) is 0.143. The van der Waals surface area contributed by atoms with Gasteiger partial charge in [0, 0.05) is 5.56 Å². The van der Waals surface area contributed by atoms with E-state index in [4.69, 9.17) is 19.5 Å². The summed E-state index contributed by atoms with van der Waals surface area (Å²) in [6.45, 7) is 0.0218. The quantitative estimate of drug-likeness (QED) is 0.803. The Labute approximate surface area is 116 Å². The second-order valence-electron chi connectivity index (χ2n) is 4.16. The van der Waals surface area contributed by atoms with Gasteiger partial charge in [-0.25, -0.2) is 4.39 Å². The first-order chi connectivity index (χ1) is 9.61. The van der Waals surface area contributed by atoms with Crippen molar-refractivity contribution in [2.75, 3.05) is 7.11 Å². The van der Waals surface area contributed by atoms with Crippen LogP contribution in [0.5, 0.6) is 11.5 Å². The molecule has 0 aliphatic carbocycles. The Morgan fingerprint density at radius 3 is 2.40 bits per heavy atom. The molecule has 6 heteroatoms. The van der Waals surface area contributed by atoms with Gasteiger partial charge < -0.3 is 19.5 Å². The van der Waals surface area contributed by atoms with E-state index in [-0.39, 0.29) is 12.1 Å². The number of para-hydroxylation sites is 2. The third-order valence-electron chi connectivity index (χ3n) is 2.83. The number of hydrogen-bond acceptors (Lipinski definition) is 4. The van der Waals surface area contributed by atoms with E-state index in [1.54, 1.807) is 18.2 Å². The van der Waals surface area contributed by atoms with Crippen LogP contribution in [0.4, 0.5) is 4.39 Å². The van der Waals surface area contributed by atoms with E-state index in [0.717, 1.165) is 6.07 Å². The van der Waals surface area contributed by atoms with Crippen molar-refractivity contribution in [2.45, 2.75) is 6.61 Å². The highest BCUT2D eigenvalue weighted by molar-refractivity contribution is 6.58. The Bertz CT molecular complexity index is 589. The fourth-order valence-corrected chi connectivity index (χ4v) is 1.73. The first kappa shape index (κ1) is 14.4. The molecule has 4 nitrogen and oxygen atoms in total. The van der Waals surface area contributed by atoms with Crippen molar-refractivity contribution in [3.63, 3.8) is 0 Å². The maximum atomic E-state index is 13.8. The zero-order chi connectivity index (χ0) is 14.5. The normalized spacial score (nSPS) is 10.2. The molecule has 0 unspecified atom stereocenters. The maximum absolute atomic E-state index is 13.8. The second kappa shape index (κ2) is 6.41. The summed E-state index contributed by atoms with van der Waals surface area (Å²) in [7, 11) is -0.158. The fourth-order valence-electron chi connectivity index (χ4n) is 1.73. The van der Waals surface area contributed by atoms with Crippen molar-refractivity contribution in [1.29, 1.82) is 0 Å². The van der Waals surface area contributed by atoms with Gasteiger partial charge in [0.05, 0.1) is 7.11 Å². The van der Waals surface area contributed by atoms with Crippen molar-refractivity contribution in [3.05, 3.63) is 53.8 Å². The lowest BCUT2D eigenvalue weighted by atomic mass is 9.80. The van der Waals surface area contributed by atoms with Crippen LogP contribution in [-0.4, -0.2) is 24.3 Å². The third kappa shape index (κ3) is 3.29. The van der Waals surface area contributed by atoms with E-state index in [1.165, 1.54) is 19.2 Å². The summed E-state index contributed by atoms with van der Waals surface area (Å²) in [6.07, 6.45) is 0. The lowest BCUT2D eigenvalue weighted by Gasteiger charge is -2.11. The van der Waals surface area contributed by atoms with Crippen molar-refractivity contribution in [1.82, 2.24) is 0 Å². The van der Waals surface area contributed by atoms with Crippen LogP contribution in [-0.2, 0) is 6.61 Å². The minimum atomic E-state index is -1.69. The second-order valence-corrected chi connectivity index (χ2v) is 4.16. The predicted octanol–water partition coefficient (Wildman–Crippen LogP) is 1.09. The number of benzene rings is 2. The standard InChI is InChI=1S/C14H14BFO4/c1-19-13-4-2-3-5-14(13)20-9-10-6-7-11(15(17)18)8-12(10)16/h2-8,17-18H,9H2,1H3. The first-order valence-corrected chi connectivity index (χ1v) is 6.02. The molecule has 0 aromatic heterocycles. The monoisotopic (exact) mass is 276 g/mol. The van der Waals surface area contributed by atoms with Gasteiger partial charge >= 0.3 is 7.12 Å². The number of ether oxygens (including phenoxy) is 2. The SMILES string of the molecule is COc1ccccc1OCc1ccc(B(O)O)cc1F. The van der Waals surface area contributed by atoms with Crippen LogP contribution < -0.4 is 14.9 Å². The molecule has 0 aliphatic heterocycles. The first-order valence-electron chi connectivity index (χ1n) is 6.02. The molecule has 2 rings (SSSR count). The van der Waals surface area contributed by atoms with Crippen molar-refractivity contribution >= 4 is 12.6 Å². The molecule has 0 bridgehead atoms. The van der Waals surface area contributed by atoms with Crippen LogP contribution in [0.1, 0.15) is 5.56 Å². The molecule has 2 aromatic rings. The van der Waals surface area contributed by atoms with Crippen LogP contribution in [0.2, 0.25) is 0 Å². The lowest BCUT2D eigenvalue weighted by Crippen LogP contribution is -2.30. The summed E-state index contributed by atoms with van der Waals surface area (Å²) in [5.41, 5.74) is 0.420. The van der Waals surface area contributed by atoms with Gasteiger partial charge in [-0.15, -0.1) is 0 Å². The average molecular weight is 276 g/mol. The van der Waals surface area contributed by atoms with Crippen LogP contribution in [0.15, 0.2) is 42.5 Å². The van der Waals surface area contributed by atoms with E-state index in [9.17, 15) is 4.39 Å². The largest absolute Gasteiger partial charge is 0.493 e. The molecular formula is C14H14BFO4. The Morgan fingerprint density at radius 1 is 1.10 bits per heavy atom. The number of hydrogen-bond donors (Lipinski definition) is 2. The molecule has 0 spiro atoms. The Hall–Kier alpha value is -2.05. The molecule has 2 aromatic carbocycles. The molecule has 0 fully saturated rings. The molecule has 104 valence electrons.